The topological polar surface area (TPSA) is 58.6 Å². The van der Waals surface area contributed by atoms with E-state index < -0.39 is 6.04 Å². The molecule has 1 unspecified atom stereocenters. The van der Waals surface area contributed by atoms with Crippen LogP contribution >= 0.6 is 11.8 Å². The van der Waals surface area contributed by atoms with Crippen molar-refractivity contribution in [3.63, 3.8) is 0 Å². The van der Waals surface area contributed by atoms with Gasteiger partial charge < -0.3 is 15.0 Å². The molecule has 1 N–H and O–H groups in total. The first kappa shape index (κ1) is 22.8. The standard InChI is InChI=1S/C23H30N2O3S/c1-17(2)24-23(27)18(3)25(14-19-10-12-21(28-4)13-11-19)22(26)16-29-15-20-8-6-5-7-9-20/h5-13,17-18H,14-16H2,1-4H3,(H,24,27). The molecule has 0 fully saturated rings. The molecule has 0 saturated heterocycles. The Morgan fingerprint density at radius 1 is 1.00 bits per heavy atom. The van der Waals surface area contributed by atoms with E-state index >= 15 is 0 Å². The Balaban J connectivity index is 2.06. The minimum atomic E-state index is -0.552. The number of hydrogen-bond donors (Lipinski definition) is 1. The van der Waals surface area contributed by atoms with E-state index in [4.69, 9.17) is 4.74 Å². The molecular weight excluding hydrogens is 384 g/mol. The zero-order valence-corrected chi connectivity index (χ0v) is 18.4. The third-order valence-corrected chi connectivity index (χ3v) is 5.44. The summed E-state index contributed by atoms with van der Waals surface area (Å²) in [5.74, 6) is 1.65. The number of ether oxygens (including phenoxy) is 1. The van der Waals surface area contributed by atoms with Gasteiger partial charge in [0.25, 0.3) is 0 Å². The van der Waals surface area contributed by atoms with Gasteiger partial charge in [0.2, 0.25) is 11.8 Å². The van der Waals surface area contributed by atoms with Crippen molar-refractivity contribution < 1.29 is 14.3 Å². The number of hydrogen-bond acceptors (Lipinski definition) is 4. The molecule has 0 saturated carbocycles. The fourth-order valence-corrected chi connectivity index (χ4v) is 3.70. The van der Waals surface area contributed by atoms with E-state index in [1.165, 1.54) is 5.56 Å². The third-order valence-electron chi connectivity index (χ3n) is 4.45. The van der Waals surface area contributed by atoms with Crippen molar-refractivity contribution in [1.82, 2.24) is 10.2 Å². The molecular formula is C23H30N2O3S. The van der Waals surface area contributed by atoms with Crippen molar-refractivity contribution in [2.24, 2.45) is 0 Å². The first-order valence-corrected chi connectivity index (χ1v) is 10.9. The molecule has 6 heteroatoms. The molecule has 156 valence electrons. The maximum atomic E-state index is 13.0. The Labute approximate surface area is 177 Å². The minimum absolute atomic E-state index is 0.0235. The number of amides is 2. The van der Waals surface area contributed by atoms with Crippen LogP contribution in [0.2, 0.25) is 0 Å². The lowest BCUT2D eigenvalue weighted by Crippen LogP contribution is -2.49. The molecule has 2 rings (SSSR count). The van der Waals surface area contributed by atoms with Crippen molar-refractivity contribution in [1.29, 1.82) is 0 Å². The fraction of sp³-hybridized carbons (Fsp3) is 0.391. The zero-order chi connectivity index (χ0) is 21.2. The van der Waals surface area contributed by atoms with Gasteiger partial charge in [-0.25, -0.2) is 0 Å². The lowest BCUT2D eigenvalue weighted by Gasteiger charge is -2.29. The van der Waals surface area contributed by atoms with Crippen LogP contribution in [0.3, 0.4) is 0 Å². The van der Waals surface area contributed by atoms with E-state index in [-0.39, 0.29) is 17.9 Å². The van der Waals surface area contributed by atoms with Crippen LogP contribution in [0.15, 0.2) is 54.6 Å². The maximum Gasteiger partial charge on any atom is 0.242 e. The van der Waals surface area contributed by atoms with Crippen LogP contribution in [0.4, 0.5) is 0 Å². The van der Waals surface area contributed by atoms with Gasteiger partial charge >= 0.3 is 0 Å². The van der Waals surface area contributed by atoms with Gasteiger partial charge in [0.05, 0.1) is 12.9 Å². The summed E-state index contributed by atoms with van der Waals surface area (Å²) in [6.07, 6.45) is 0. The summed E-state index contributed by atoms with van der Waals surface area (Å²) < 4.78 is 5.20. The molecule has 2 aromatic rings. The van der Waals surface area contributed by atoms with Crippen LogP contribution in [0.1, 0.15) is 31.9 Å². The highest BCUT2D eigenvalue weighted by atomic mass is 32.2. The number of rotatable bonds is 10. The van der Waals surface area contributed by atoms with Gasteiger partial charge in [0.1, 0.15) is 11.8 Å². The van der Waals surface area contributed by atoms with Gasteiger partial charge in [-0.05, 0) is 44.0 Å². The largest absolute Gasteiger partial charge is 0.497 e. The Kier molecular flexibility index (Phi) is 9.06. The van der Waals surface area contributed by atoms with Crippen LogP contribution in [-0.2, 0) is 21.9 Å². The molecule has 29 heavy (non-hydrogen) atoms. The summed E-state index contributed by atoms with van der Waals surface area (Å²) in [5.41, 5.74) is 2.13. The van der Waals surface area contributed by atoms with E-state index in [2.05, 4.69) is 5.32 Å². The van der Waals surface area contributed by atoms with Gasteiger partial charge in [-0.3, -0.25) is 9.59 Å². The van der Waals surface area contributed by atoms with Crippen molar-refractivity contribution in [3.8, 4) is 5.75 Å². The molecule has 5 nitrogen and oxygen atoms in total. The third kappa shape index (κ3) is 7.46. The molecule has 2 amide bonds. The van der Waals surface area contributed by atoms with E-state index in [0.717, 1.165) is 17.1 Å². The minimum Gasteiger partial charge on any atom is -0.497 e. The molecule has 0 aromatic heterocycles. The highest BCUT2D eigenvalue weighted by molar-refractivity contribution is 7.99. The predicted molar refractivity (Wildman–Crippen MR) is 119 cm³/mol. The number of nitrogens with zero attached hydrogens (tertiary/aromatic N) is 1. The summed E-state index contributed by atoms with van der Waals surface area (Å²) in [6.45, 7) is 5.98. The highest BCUT2D eigenvalue weighted by Crippen LogP contribution is 2.17. The molecule has 0 heterocycles. The Morgan fingerprint density at radius 3 is 2.24 bits per heavy atom. The highest BCUT2D eigenvalue weighted by Gasteiger charge is 2.26. The average molecular weight is 415 g/mol. The zero-order valence-electron chi connectivity index (χ0n) is 17.6. The lowest BCUT2D eigenvalue weighted by atomic mass is 10.1. The summed E-state index contributed by atoms with van der Waals surface area (Å²) in [6, 6.07) is 17.1. The van der Waals surface area contributed by atoms with Crippen LogP contribution in [-0.4, -0.2) is 41.7 Å². The van der Waals surface area contributed by atoms with Crippen molar-refractivity contribution in [2.45, 2.75) is 45.2 Å². The summed E-state index contributed by atoms with van der Waals surface area (Å²) in [5, 5.41) is 2.90. The van der Waals surface area contributed by atoms with E-state index in [1.807, 2.05) is 68.4 Å². The number of carbonyl (C=O) groups excluding carboxylic acids is 2. The molecule has 0 bridgehead atoms. The van der Waals surface area contributed by atoms with Gasteiger partial charge in [-0.1, -0.05) is 42.5 Å². The number of nitrogens with one attached hydrogen (secondary N) is 1. The van der Waals surface area contributed by atoms with Crippen LogP contribution in [0, 0.1) is 0 Å². The van der Waals surface area contributed by atoms with E-state index in [9.17, 15) is 9.59 Å². The molecule has 0 spiro atoms. The first-order chi connectivity index (χ1) is 13.9. The number of thioether (sulfide) groups is 1. The van der Waals surface area contributed by atoms with Crippen LogP contribution < -0.4 is 10.1 Å². The molecule has 0 aliphatic heterocycles. The van der Waals surface area contributed by atoms with Gasteiger partial charge in [0.15, 0.2) is 0 Å². The summed E-state index contributed by atoms with van der Waals surface area (Å²) in [4.78, 5) is 27.2. The smallest absolute Gasteiger partial charge is 0.242 e. The summed E-state index contributed by atoms with van der Waals surface area (Å²) >= 11 is 1.56. The summed E-state index contributed by atoms with van der Waals surface area (Å²) in [7, 11) is 1.62. The second-order valence-corrected chi connectivity index (χ2v) is 8.17. The normalized spacial score (nSPS) is 11.8. The quantitative estimate of drug-likeness (QED) is 0.641. The molecule has 0 radical (unpaired) electrons. The monoisotopic (exact) mass is 414 g/mol. The molecule has 1 atom stereocenters. The first-order valence-electron chi connectivity index (χ1n) is 9.75. The van der Waals surface area contributed by atoms with Gasteiger partial charge in [-0.2, -0.15) is 0 Å². The Hall–Kier alpha value is -2.47. The van der Waals surface area contributed by atoms with E-state index in [1.54, 1.807) is 30.7 Å². The van der Waals surface area contributed by atoms with Crippen molar-refractivity contribution in [2.75, 3.05) is 12.9 Å². The van der Waals surface area contributed by atoms with Gasteiger partial charge in [0, 0.05) is 18.3 Å². The molecule has 0 aliphatic rings. The van der Waals surface area contributed by atoms with Gasteiger partial charge in [-0.15, -0.1) is 11.8 Å². The second kappa shape index (κ2) is 11.5. The lowest BCUT2D eigenvalue weighted by molar-refractivity contribution is -0.138. The Bertz CT molecular complexity index is 778. The fourth-order valence-electron chi connectivity index (χ4n) is 2.83. The van der Waals surface area contributed by atoms with Crippen molar-refractivity contribution in [3.05, 3.63) is 65.7 Å². The number of benzene rings is 2. The average Bonchev–Trinajstić information content (AvgIpc) is 2.72. The number of carbonyl (C=O) groups is 2. The Morgan fingerprint density at radius 2 is 1.66 bits per heavy atom. The van der Waals surface area contributed by atoms with Crippen LogP contribution in [0.5, 0.6) is 5.75 Å². The van der Waals surface area contributed by atoms with Crippen LogP contribution in [0.25, 0.3) is 0 Å². The molecule has 0 aliphatic carbocycles. The predicted octanol–water partition coefficient (Wildman–Crippen LogP) is 3.87. The van der Waals surface area contributed by atoms with Crippen molar-refractivity contribution >= 4 is 23.6 Å². The maximum absolute atomic E-state index is 13.0. The second-order valence-electron chi connectivity index (χ2n) is 7.19. The molecule has 2 aromatic carbocycles. The number of methoxy groups -OCH3 is 1. The van der Waals surface area contributed by atoms with E-state index in [0.29, 0.717) is 12.3 Å². The SMILES string of the molecule is COc1ccc(CN(C(=O)CSCc2ccccc2)C(C)C(=O)NC(C)C)cc1.